The third kappa shape index (κ3) is 4.98. The first-order valence-corrected chi connectivity index (χ1v) is 3.14. The Morgan fingerprint density at radius 3 is 1.25 bits per heavy atom. The molecule has 0 saturated heterocycles. The number of alkyl halides is 3. The standard InChI is InChI=1S/C4H7Cl3.H2O/c1-3(2)4(5,6)7;/h3H,1-2H3;1H2. The molecule has 0 fully saturated rings. The Labute approximate surface area is 64.2 Å². The Morgan fingerprint density at radius 1 is 1.12 bits per heavy atom. The molecule has 0 saturated carbocycles. The lowest BCUT2D eigenvalue weighted by Crippen LogP contribution is -2.10. The van der Waals surface area contributed by atoms with E-state index in [4.69, 9.17) is 34.8 Å². The van der Waals surface area contributed by atoms with Crippen LogP contribution in [0, 0.1) is 5.92 Å². The predicted octanol–water partition coefficient (Wildman–Crippen LogP) is 2.19. The second-order valence-corrected chi connectivity index (χ2v) is 4.07. The first-order valence-electron chi connectivity index (χ1n) is 2.01. The molecule has 8 heavy (non-hydrogen) atoms. The highest BCUT2D eigenvalue weighted by atomic mass is 35.6. The second kappa shape index (κ2) is 3.78. The molecule has 4 heteroatoms. The van der Waals surface area contributed by atoms with E-state index in [0.717, 1.165) is 0 Å². The van der Waals surface area contributed by atoms with Gasteiger partial charge in [0.15, 0.2) is 3.79 Å². The average Bonchev–Trinajstić information content (AvgIpc) is 1.31. The lowest BCUT2D eigenvalue weighted by atomic mass is 10.3. The summed E-state index contributed by atoms with van der Waals surface area (Å²) in [6.07, 6.45) is 0. The van der Waals surface area contributed by atoms with Gasteiger partial charge < -0.3 is 5.48 Å². The van der Waals surface area contributed by atoms with Gasteiger partial charge in [0.2, 0.25) is 0 Å². The topological polar surface area (TPSA) is 31.5 Å². The SMILES string of the molecule is CC(C)C(Cl)(Cl)Cl.O. The highest BCUT2D eigenvalue weighted by Gasteiger charge is 2.23. The maximum Gasteiger partial charge on any atom is 0.192 e. The van der Waals surface area contributed by atoms with Crippen molar-refractivity contribution >= 4 is 34.8 Å². The van der Waals surface area contributed by atoms with Crippen molar-refractivity contribution < 1.29 is 5.48 Å². The quantitative estimate of drug-likeness (QED) is 0.511. The predicted molar refractivity (Wildman–Crippen MR) is 38.7 cm³/mol. The van der Waals surface area contributed by atoms with Gasteiger partial charge in [0.05, 0.1) is 0 Å². The maximum atomic E-state index is 5.40. The molecule has 0 unspecified atom stereocenters. The minimum absolute atomic E-state index is 0. The van der Waals surface area contributed by atoms with Crippen molar-refractivity contribution in [2.24, 2.45) is 5.92 Å². The molecule has 0 aromatic rings. The van der Waals surface area contributed by atoms with Crippen LogP contribution in [0.3, 0.4) is 0 Å². The summed E-state index contributed by atoms with van der Waals surface area (Å²) in [5.74, 6) is 0.0949. The van der Waals surface area contributed by atoms with Gasteiger partial charge in [-0.15, -0.1) is 0 Å². The fraction of sp³-hybridized carbons (Fsp3) is 1.00. The van der Waals surface area contributed by atoms with Crippen molar-refractivity contribution in [2.45, 2.75) is 17.6 Å². The molecule has 0 radical (unpaired) electrons. The van der Waals surface area contributed by atoms with Crippen molar-refractivity contribution in [3.63, 3.8) is 0 Å². The van der Waals surface area contributed by atoms with Crippen LogP contribution in [0.2, 0.25) is 0 Å². The van der Waals surface area contributed by atoms with Crippen LogP contribution in [0.1, 0.15) is 13.8 Å². The summed E-state index contributed by atoms with van der Waals surface area (Å²) in [7, 11) is 0. The monoisotopic (exact) mass is 178 g/mol. The molecule has 0 atom stereocenters. The molecule has 0 bridgehead atoms. The first-order chi connectivity index (χ1) is 2.94. The maximum absolute atomic E-state index is 5.40. The number of halogens is 3. The molecule has 0 aromatic carbocycles. The van der Waals surface area contributed by atoms with E-state index < -0.39 is 3.79 Å². The molecule has 0 spiro atoms. The van der Waals surface area contributed by atoms with Crippen molar-refractivity contribution in [3.8, 4) is 0 Å². The van der Waals surface area contributed by atoms with Crippen molar-refractivity contribution in [1.82, 2.24) is 0 Å². The van der Waals surface area contributed by atoms with Gasteiger partial charge in [-0.25, -0.2) is 0 Å². The van der Waals surface area contributed by atoms with Gasteiger partial charge in [-0.1, -0.05) is 48.7 Å². The van der Waals surface area contributed by atoms with Crippen LogP contribution in [-0.4, -0.2) is 9.27 Å². The summed E-state index contributed by atoms with van der Waals surface area (Å²) in [6, 6.07) is 0. The summed E-state index contributed by atoms with van der Waals surface area (Å²) >= 11 is 16.2. The smallest absolute Gasteiger partial charge is 0.192 e. The third-order valence-corrected chi connectivity index (χ3v) is 1.96. The van der Waals surface area contributed by atoms with Gasteiger partial charge in [0, 0.05) is 5.92 Å². The summed E-state index contributed by atoms with van der Waals surface area (Å²) < 4.78 is -1.08. The number of rotatable bonds is 0. The molecular weight excluding hydrogens is 170 g/mol. The lowest BCUT2D eigenvalue weighted by molar-refractivity contribution is 0.670. The minimum Gasteiger partial charge on any atom is -0.412 e. The fourth-order valence-electron chi connectivity index (χ4n) is 0. The van der Waals surface area contributed by atoms with Crippen molar-refractivity contribution in [3.05, 3.63) is 0 Å². The van der Waals surface area contributed by atoms with Gasteiger partial charge in [0.1, 0.15) is 0 Å². The van der Waals surface area contributed by atoms with E-state index in [1.165, 1.54) is 0 Å². The van der Waals surface area contributed by atoms with Crippen molar-refractivity contribution in [1.29, 1.82) is 0 Å². The van der Waals surface area contributed by atoms with Crippen molar-refractivity contribution in [2.75, 3.05) is 0 Å². The molecule has 0 rings (SSSR count). The van der Waals surface area contributed by atoms with Gasteiger partial charge in [-0.2, -0.15) is 0 Å². The van der Waals surface area contributed by atoms with Crippen LogP contribution in [0.15, 0.2) is 0 Å². The Balaban J connectivity index is 0. The Kier molecular flexibility index (Phi) is 5.48. The van der Waals surface area contributed by atoms with Gasteiger partial charge in [0.25, 0.3) is 0 Å². The third-order valence-electron chi connectivity index (χ3n) is 0.655. The summed E-state index contributed by atoms with van der Waals surface area (Å²) in [5, 5.41) is 0. The molecule has 0 aromatic heterocycles. The van der Waals surface area contributed by atoms with Crippen LogP contribution in [0.25, 0.3) is 0 Å². The summed E-state index contributed by atoms with van der Waals surface area (Å²) in [4.78, 5) is 0. The Hall–Kier alpha value is 0.830. The Bertz CT molecular complexity index is 56.8. The van der Waals surface area contributed by atoms with Gasteiger partial charge in [-0.05, 0) is 0 Å². The Morgan fingerprint density at radius 2 is 1.25 bits per heavy atom. The molecule has 1 nitrogen and oxygen atoms in total. The van der Waals surface area contributed by atoms with E-state index in [1.807, 2.05) is 13.8 Å². The molecule has 0 amide bonds. The van der Waals surface area contributed by atoms with Gasteiger partial charge in [-0.3, -0.25) is 0 Å². The summed E-state index contributed by atoms with van der Waals surface area (Å²) in [6.45, 7) is 3.71. The zero-order valence-electron chi connectivity index (χ0n) is 4.71. The molecule has 0 heterocycles. The molecule has 52 valence electrons. The van der Waals surface area contributed by atoms with Gasteiger partial charge >= 0.3 is 0 Å². The van der Waals surface area contributed by atoms with Crippen LogP contribution in [0.4, 0.5) is 0 Å². The van der Waals surface area contributed by atoms with Crippen LogP contribution in [-0.2, 0) is 0 Å². The average molecular weight is 179 g/mol. The number of hydrogen-bond acceptors (Lipinski definition) is 0. The van der Waals surface area contributed by atoms with E-state index >= 15 is 0 Å². The van der Waals surface area contributed by atoms with Crippen LogP contribution >= 0.6 is 34.8 Å². The largest absolute Gasteiger partial charge is 0.412 e. The van der Waals surface area contributed by atoms with E-state index in [9.17, 15) is 0 Å². The minimum atomic E-state index is -1.08. The molecule has 2 N–H and O–H groups in total. The van der Waals surface area contributed by atoms with Crippen LogP contribution < -0.4 is 0 Å². The first kappa shape index (κ1) is 11.6. The van der Waals surface area contributed by atoms with E-state index in [-0.39, 0.29) is 11.4 Å². The number of hydrogen-bond donors (Lipinski definition) is 0. The normalized spacial score (nSPS) is 11.2. The zero-order chi connectivity index (χ0) is 6.08. The fourth-order valence-corrected chi connectivity index (χ4v) is 0. The highest BCUT2D eigenvalue weighted by Crippen LogP contribution is 2.33. The summed E-state index contributed by atoms with van der Waals surface area (Å²) in [5.41, 5.74) is 0. The molecule has 0 aliphatic rings. The second-order valence-electron chi connectivity index (χ2n) is 1.70. The molecular formula is C4H9Cl3O. The highest BCUT2D eigenvalue weighted by molar-refractivity contribution is 6.67. The molecule has 0 aliphatic carbocycles. The van der Waals surface area contributed by atoms with E-state index in [0.29, 0.717) is 0 Å². The van der Waals surface area contributed by atoms with Crippen LogP contribution in [0.5, 0.6) is 0 Å². The molecule has 0 aliphatic heterocycles. The van der Waals surface area contributed by atoms with E-state index in [1.54, 1.807) is 0 Å². The zero-order valence-corrected chi connectivity index (χ0v) is 6.98. The van der Waals surface area contributed by atoms with E-state index in [2.05, 4.69) is 0 Å². The lowest BCUT2D eigenvalue weighted by Gasteiger charge is -2.13.